The van der Waals surface area contributed by atoms with Crippen molar-refractivity contribution in [3.05, 3.63) is 60.7 Å². The lowest BCUT2D eigenvalue weighted by Gasteiger charge is -2.17. The largest absolute Gasteiger partial charge is 0.641 e. The fourth-order valence-electron chi connectivity index (χ4n) is 2.36. The average molecular weight is 386 g/mol. The van der Waals surface area contributed by atoms with Crippen LogP contribution in [-0.2, 0) is 28.3 Å². The highest BCUT2D eigenvalue weighted by atomic mass is 16.8. The summed E-state index contributed by atoms with van der Waals surface area (Å²) in [6.45, 7) is -0.141. The molecule has 0 radical (unpaired) electrons. The molecule has 2 unspecified atom stereocenters. The van der Waals surface area contributed by atoms with Crippen LogP contribution in [0.5, 0.6) is 11.5 Å². The molecule has 2 atom stereocenters. The molecule has 0 aromatic heterocycles. The second-order valence-electron chi connectivity index (χ2n) is 5.80. The maximum Gasteiger partial charge on any atom is 0.641 e. The molecule has 3 rings (SSSR count). The minimum atomic E-state index is -1.23. The van der Waals surface area contributed by atoms with Gasteiger partial charge in [0.15, 0.2) is 12.2 Å². The number of hydrogen-bond acceptors (Lipinski definition) is 8. The van der Waals surface area contributed by atoms with Crippen molar-refractivity contribution in [3.8, 4) is 11.5 Å². The third-order valence-electron chi connectivity index (χ3n) is 3.70. The number of ether oxygens (including phenoxy) is 3. The van der Waals surface area contributed by atoms with Crippen LogP contribution in [0, 0.1) is 0 Å². The molecule has 0 aliphatic carbocycles. The molecule has 1 saturated heterocycles. The standard InChI is InChI=1S/C19H19BO8/c1-23-12-16(18(21)25-14-8-4-2-5-9-14)27-20-24-13-17(28-20)19(22)26-15-10-6-3-7-11-15/h2-11,16-17H,12-13H2,1H3. The Labute approximate surface area is 162 Å². The van der Waals surface area contributed by atoms with Crippen molar-refractivity contribution >= 4 is 19.3 Å². The maximum atomic E-state index is 12.3. The van der Waals surface area contributed by atoms with Crippen molar-refractivity contribution in [2.75, 3.05) is 20.3 Å². The molecule has 0 amide bonds. The van der Waals surface area contributed by atoms with Crippen molar-refractivity contribution in [3.63, 3.8) is 0 Å². The van der Waals surface area contributed by atoms with E-state index in [2.05, 4.69) is 0 Å². The molecule has 0 saturated carbocycles. The number of para-hydroxylation sites is 2. The van der Waals surface area contributed by atoms with Crippen LogP contribution < -0.4 is 9.47 Å². The highest BCUT2D eigenvalue weighted by Crippen LogP contribution is 2.17. The quantitative estimate of drug-likeness (QED) is 0.384. The third kappa shape index (κ3) is 5.64. The molecule has 1 fully saturated rings. The fraction of sp³-hybridized carbons (Fsp3) is 0.263. The molecule has 0 spiro atoms. The first-order valence-electron chi connectivity index (χ1n) is 8.60. The average Bonchev–Trinajstić information content (AvgIpc) is 3.18. The normalized spacial score (nSPS) is 17.2. The summed E-state index contributed by atoms with van der Waals surface area (Å²) < 4.78 is 31.6. The van der Waals surface area contributed by atoms with Gasteiger partial charge in [0.05, 0.1) is 13.2 Å². The predicted molar refractivity (Wildman–Crippen MR) is 97.5 cm³/mol. The lowest BCUT2D eigenvalue weighted by molar-refractivity contribution is -0.146. The van der Waals surface area contributed by atoms with E-state index < -0.39 is 31.5 Å². The van der Waals surface area contributed by atoms with E-state index >= 15 is 0 Å². The van der Waals surface area contributed by atoms with Crippen LogP contribution in [0.1, 0.15) is 0 Å². The van der Waals surface area contributed by atoms with Gasteiger partial charge in [-0.3, -0.25) is 0 Å². The maximum absolute atomic E-state index is 12.3. The Bertz CT molecular complexity index is 770. The number of carbonyl (C=O) groups excluding carboxylic acids is 2. The Morgan fingerprint density at radius 3 is 2.25 bits per heavy atom. The Morgan fingerprint density at radius 1 is 1.04 bits per heavy atom. The van der Waals surface area contributed by atoms with Gasteiger partial charge in [0.1, 0.15) is 11.5 Å². The van der Waals surface area contributed by atoms with E-state index in [9.17, 15) is 9.59 Å². The highest BCUT2D eigenvalue weighted by molar-refractivity contribution is 6.38. The molecule has 1 heterocycles. The van der Waals surface area contributed by atoms with Crippen molar-refractivity contribution in [1.29, 1.82) is 0 Å². The number of benzene rings is 2. The molecule has 2 aromatic rings. The van der Waals surface area contributed by atoms with Crippen molar-refractivity contribution in [2.45, 2.75) is 12.2 Å². The van der Waals surface area contributed by atoms with Gasteiger partial charge in [-0.15, -0.1) is 0 Å². The lowest BCUT2D eigenvalue weighted by atomic mass is 10.2. The number of rotatable bonds is 8. The van der Waals surface area contributed by atoms with Crippen LogP contribution in [0.3, 0.4) is 0 Å². The summed E-state index contributed by atoms with van der Waals surface area (Å²) in [7, 11) is 0.194. The molecule has 28 heavy (non-hydrogen) atoms. The van der Waals surface area contributed by atoms with Gasteiger partial charge < -0.3 is 28.2 Å². The number of carbonyl (C=O) groups is 2. The second kappa shape index (κ2) is 10.0. The Kier molecular flexibility index (Phi) is 7.15. The van der Waals surface area contributed by atoms with Gasteiger partial charge in [-0.05, 0) is 24.3 Å². The van der Waals surface area contributed by atoms with Gasteiger partial charge in [-0.1, -0.05) is 36.4 Å². The van der Waals surface area contributed by atoms with Crippen LogP contribution in [0.25, 0.3) is 0 Å². The molecule has 9 heteroatoms. The summed E-state index contributed by atoms with van der Waals surface area (Å²) in [6, 6.07) is 17.1. The topological polar surface area (TPSA) is 89.5 Å². The Hall–Kier alpha value is -2.72. The third-order valence-corrected chi connectivity index (χ3v) is 3.70. The van der Waals surface area contributed by atoms with Gasteiger partial charge in [0, 0.05) is 7.11 Å². The monoisotopic (exact) mass is 386 g/mol. The van der Waals surface area contributed by atoms with Crippen LogP contribution in [0.2, 0.25) is 0 Å². The number of methoxy groups -OCH3 is 1. The van der Waals surface area contributed by atoms with Crippen LogP contribution in [-0.4, -0.2) is 51.8 Å². The summed E-state index contributed by atoms with van der Waals surface area (Å²) >= 11 is 0. The SMILES string of the molecule is COCC(OB1OCC(C(=O)Oc2ccccc2)O1)C(=O)Oc1ccccc1. The first-order chi connectivity index (χ1) is 13.7. The second-order valence-corrected chi connectivity index (χ2v) is 5.80. The van der Waals surface area contributed by atoms with Gasteiger partial charge in [0.2, 0.25) is 0 Å². The van der Waals surface area contributed by atoms with Crippen LogP contribution in [0.4, 0.5) is 0 Å². The first-order valence-corrected chi connectivity index (χ1v) is 8.60. The summed E-state index contributed by atoms with van der Waals surface area (Å²) in [5.41, 5.74) is 0. The van der Waals surface area contributed by atoms with Gasteiger partial charge in [0.25, 0.3) is 0 Å². The first kappa shape index (κ1) is 20.0. The Balaban J connectivity index is 1.52. The highest BCUT2D eigenvalue weighted by Gasteiger charge is 2.42. The van der Waals surface area contributed by atoms with E-state index in [1.807, 2.05) is 0 Å². The zero-order valence-electron chi connectivity index (χ0n) is 15.2. The zero-order valence-corrected chi connectivity index (χ0v) is 15.2. The van der Waals surface area contributed by atoms with E-state index in [1.165, 1.54) is 7.11 Å². The zero-order chi connectivity index (χ0) is 19.8. The van der Waals surface area contributed by atoms with Gasteiger partial charge in [-0.25, -0.2) is 9.59 Å². The molecule has 1 aliphatic heterocycles. The summed E-state index contributed by atoms with van der Waals surface area (Å²) in [5.74, 6) is -0.526. The number of esters is 2. The van der Waals surface area contributed by atoms with E-state index in [4.69, 9.17) is 28.2 Å². The summed E-state index contributed by atoms with van der Waals surface area (Å²) in [5, 5.41) is 0. The minimum absolute atomic E-state index is 0.0657. The van der Waals surface area contributed by atoms with Gasteiger partial charge >= 0.3 is 19.3 Å². The Morgan fingerprint density at radius 2 is 1.64 bits per heavy atom. The molecule has 0 bridgehead atoms. The molecular weight excluding hydrogens is 367 g/mol. The molecular formula is C19H19BO8. The lowest BCUT2D eigenvalue weighted by Crippen LogP contribution is -2.39. The van der Waals surface area contributed by atoms with Crippen LogP contribution in [0.15, 0.2) is 60.7 Å². The smallest absolute Gasteiger partial charge is 0.425 e. The minimum Gasteiger partial charge on any atom is -0.425 e. The molecule has 146 valence electrons. The summed E-state index contributed by atoms with van der Waals surface area (Å²) in [6.07, 6.45) is -2.07. The van der Waals surface area contributed by atoms with Crippen molar-refractivity contribution in [2.24, 2.45) is 0 Å². The summed E-state index contributed by atoms with van der Waals surface area (Å²) in [4.78, 5) is 24.5. The molecule has 2 aromatic carbocycles. The molecule has 8 nitrogen and oxygen atoms in total. The molecule has 0 N–H and O–H groups in total. The van der Waals surface area contributed by atoms with E-state index in [0.717, 1.165) is 0 Å². The van der Waals surface area contributed by atoms with E-state index in [-0.39, 0.29) is 13.2 Å². The van der Waals surface area contributed by atoms with Crippen molar-refractivity contribution < 1.29 is 37.8 Å². The van der Waals surface area contributed by atoms with E-state index in [0.29, 0.717) is 11.5 Å². The number of hydrogen-bond donors (Lipinski definition) is 0. The van der Waals surface area contributed by atoms with E-state index in [1.54, 1.807) is 60.7 Å². The van der Waals surface area contributed by atoms with Crippen molar-refractivity contribution in [1.82, 2.24) is 0 Å². The van der Waals surface area contributed by atoms with Crippen LogP contribution >= 0.6 is 0 Å². The molecule has 1 aliphatic rings. The van der Waals surface area contributed by atoms with Gasteiger partial charge in [-0.2, -0.15) is 0 Å². The fourth-order valence-corrected chi connectivity index (χ4v) is 2.36. The predicted octanol–water partition coefficient (Wildman–Crippen LogP) is 1.63.